The van der Waals surface area contributed by atoms with E-state index < -0.39 is 9.84 Å². The minimum absolute atomic E-state index is 0.0206. The molecule has 0 radical (unpaired) electrons. The van der Waals surface area contributed by atoms with E-state index in [1.165, 1.54) is 17.4 Å². The molecule has 0 aromatic heterocycles. The van der Waals surface area contributed by atoms with Crippen molar-refractivity contribution in [2.24, 2.45) is 4.99 Å². The van der Waals surface area contributed by atoms with Gasteiger partial charge in [-0.2, -0.15) is 0 Å². The molecule has 2 fully saturated rings. The number of amidine groups is 1. The number of likely N-dealkylation sites (N-methyl/N-ethyl adjacent to an activating group) is 1. The molecule has 3 aliphatic heterocycles. The Bertz CT molecular complexity index is 1240. The summed E-state index contributed by atoms with van der Waals surface area (Å²) < 4.78 is 23.6. The van der Waals surface area contributed by atoms with Crippen molar-refractivity contribution in [1.29, 1.82) is 0 Å². The molecule has 5 rings (SSSR count). The van der Waals surface area contributed by atoms with E-state index in [2.05, 4.69) is 44.5 Å². The molecule has 2 saturated heterocycles. The second-order valence-electron chi connectivity index (χ2n) is 9.31. The zero-order chi connectivity index (χ0) is 24.6. The van der Waals surface area contributed by atoms with Gasteiger partial charge in [-0.05, 0) is 55.4 Å². The number of aliphatic imine (C=N–C) groups is 1. The first-order valence-electron chi connectivity index (χ1n) is 12.0. The smallest absolute Gasteiger partial charge is 0.255 e. The Morgan fingerprint density at radius 1 is 1.09 bits per heavy atom. The zero-order valence-corrected chi connectivity index (χ0v) is 21.7. The Balaban J connectivity index is 1.22. The Labute approximate surface area is 211 Å². The van der Waals surface area contributed by atoms with E-state index in [9.17, 15) is 13.2 Å². The highest BCUT2D eigenvalue weighted by Crippen LogP contribution is 2.35. The molecule has 35 heavy (non-hydrogen) atoms. The van der Waals surface area contributed by atoms with E-state index in [4.69, 9.17) is 0 Å². The predicted molar refractivity (Wildman–Crippen MR) is 145 cm³/mol. The van der Waals surface area contributed by atoms with Crippen molar-refractivity contribution in [3.63, 3.8) is 0 Å². The standard InChI is InChI=1S/C25H31N5O3S2/c1-3-29-10-12-30(13-11-29)20-8-6-19(7-9-20)26-24(31)18-5-4-17(2)21(14-18)27-25-28-22-15-35(32,33)16-23(22)34-25/h4-9,14,22-23H,3,10-13,15-16H2,1-2H3,(H,26,31)(H,27,28)/t22-,23+/m1/s1. The van der Waals surface area contributed by atoms with Crippen LogP contribution in [0.15, 0.2) is 47.5 Å². The first-order valence-corrected chi connectivity index (χ1v) is 14.7. The Hall–Kier alpha value is -2.56. The average molecular weight is 514 g/mol. The number of rotatable bonds is 5. The maximum Gasteiger partial charge on any atom is 0.255 e. The molecule has 186 valence electrons. The normalized spacial score (nSPS) is 23.6. The monoisotopic (exact) mass is 513 g/mol. The molecule has 1 amide bonds. The van der Waals surface area contributed by atoms with Gasteiger partial charge in [0.25, 0.3) is 5.91 Å². The van der Waals surface area contributed by atoms with Gasteiger partial charge < -0.3 is 20.4 Å². The average Bonchev–Trinajstić information content (AvgIpc) is 3.33. The summed E-state index contributed by atoms with van der Waals surface area (Å²) in [7, 11) is -2.98. The van der Waals surface area contributed by atoms with Gasteiger partial charge >= 0.3 is 0 Å². The van der Waals surface area contributed by atoms with E-state index in [0.29, 0.717) is 10.7 Å². The molecule has 0 saturated carbocycles. The number of carbonyl (C=O) groups excluding carboxylic acids is 1. The van der Waals surface area contributed by atoms with Crippen molar-refractivity contribution in [1.82, 2.24) is 4.90 Å². The van der Waals surface area contributed by atoms with E-state index in [0.717, 1.165) is 49.7 Å². The fraction of sp³-hybridized carbons (Fsp3) is 0.440. The van der Waals surface area contributed by atoms with E-state index in [1.54, 1.807) is 0 Å². The van der Waals surface area contributed by atoms with Crippen molar-refractivity contribution in [2.45, 2.75) is 25.1 Å². The Morgan fingerprint density at radius 2 is 1.83 bits per heavy atom. The van der Waals surface area contributed by atoms with Gasteiger partial charge in [0, 0.05) is 54.1 Å². The number of amides is 1. The zero-order valence-electron chi connectivity index (χ0n) is 20.0. The van der Waals surface area contributed by atoms with Gasteiger partial charge in [-0.15, -0.1) is 0 Å². The van der Waals surface area contributed by atoms with Crippen molar-refractivity contribution < 1.29 is 13.2 Å². The van der Waals surface area contributed by atoms with Crippen LogP contribution in [0.4, 0.5) is 17.1 Å². The number of sulfone groups is 1. The third-order valence-electron chi connectivity index (χ3n) is 6.87. The second kappa shape index (κ2) is 9.83. The number of thioether (sulfide) groups is 1. The fourth-order valence-corrected chi connectivity index (χ4v) is 8.38. The van der Waals surface area contributed by atoms with Crippen molar-refractivity contribution >= 4 is 49.7 Å². The molecule has 0 spiro atoms. The number of anilines is 3. The summed E-state index contributed by atoms with van der Waals surface area (Å²) in [6.45, 7) is 9.43. The first kappa shape index (κ1) is 24.1. The fourth-order valence-electron chi connectivity index (χ4n) is 4.71. The highest BCUT2D eigenvalue weighted by Gasteiger charge is 2.42. The lowest BCUT2D eigenvalue weighted by Gasteiger charge is -2.35. The topological polar surface area (TPSA) is 94.1 Å². The SMILES string of the molecule is CCN1CCN(c2ccc(NC(=O)c3ccc(C)c(NC4=N[C@@H]5CS(=O)(=O)C[C@@H]5S4)c3)cc2)CC1. The molecule has 10 heteroatoms. The number of nitrogens with one attached hydrogen (secondary N) is 2. The number of benzene rings is 2. The second-order valence-corrected chi connectivity index (χ2v) is 12.7. The quantitative estimate of drug-likeness (QED) is 0.635. The molecule has 0 bridgehead atoms. The highest BCUT2D eigenvalue weighted by molar-refractivity contribution is 8.15. The van der Waals surface area contributed by atoms with Crippen LogP contribution in [0.25, 0.3) is 0 Å². The van der Waals surface area contributed by atoms with Gasteiger partial charge in [0.05, 0.1) is 17.5 Å². The van der Waals surface area contributed by atoms with Gasteiger partial charge in [0.15, 0.2) is 15.0 Å². The van der Waals surface area contributed by atoms with Crippen LogP contribution in [0.1, 0.15) is 22.8 Å². The minimum Gasteiger partial charge on any atom is -0.369 e. The third-order valence-corrected chi connectivity index (χ3v) is 10.0. The van der Waals surface area contributed by atoms with Gasteiger partial charge in [0.2, 0.25) is 0 Å². The molecular formula is C25H31N5O3S2. The van der Waals surface area contributed by atoms with Gasteiger partial charge in [-0.3, -0.25) is 9.79 Å². The molecule has 0 unspecified atom stereocenters. The maximum atomic E-state index is 12.9. The molecule has 2 N–H and O–H groups in total. The molecule has 3 aliphatic rings. The van der Waals surface area contributed by atoms with Crippen LogP contribution in [0.3, 0.4) is 0 Å². The largest absolute Gasteiger partial charge is 0.369 e. The summed E-state index contributed by atoms with van der Waals surface area (Å²) in [4.78, 5) is 22.3. The summed E-state index contributed by atoms with van der Waals surface area (Å²) >= 11 is 1.47. The number of fused-ring (bicyclic) bond motifs is 1. The van der Waals surface area contributed by atoms with Crippen molar-refractivity contribution in [2.75, 3.05) is 59.8 Å². The van der Waals surface area contributed by atoms with Gasteiger partial charge in [-0.1, -0.05) is 24.8 Å². The van der Waals surface area contributed by atoms with Crippen LogP contribution >= 0.6 is 11.8 Å². The molecule has 2 atom stereocenters. The molecule has 0 aliphatic carbocycles. The maximum absolute atomic E-state index is 12.9. The number of hydrogen-bond acceptors (Lipinski definition) is 8. The van der Waals surface area contributed by atoms with Crippen LogP contribution in [0.5, 0.6) is 0 Å². The molecule has 3 heterocycles. The number of hydrogen-bond donors (Lipinski definition) is 2. The number of aryl methyl sites for hydroxylation is 1. The van der Waals surface area contributed by atoms with Gasteiger partial charge in [-0.25, -0.2) is 8.42 Å². The lowest BCUT2D eigenvalue weighted by atomic mass is 10.1. The van der Waals surface area contributed by atoms with E-state index in [1.807, 2.05) is 37.3 Å². The number of nitrogens with zero attached hydrogens (tertiary/aromatic N) is 3. The summed E-state index contributed by atoms with van der Waals surface area (Å²) in [5.41, 5.74) is 4.26. The summed E-state index contributed by atoms with van der Waals surface area (Å²) in [5.74, 6) is 0.110. The van der Waals surface area contributed by atoms with E-state index >= 15 is 0 Å². The van der Waals surface area contributed by atoms with Crippen LogP contribution in [-0.2, 0) is 9.84 Å². The Morgan fingerprint density at radius 3 is 2.51 bits per heavy atom. The lowest BCUT2D eigenvalue weighted by molar-refractivity contribution is 0.102. The molecule has 2 aromatic carbocycles. The van der Waals surface area contributed by atoms with E-state index in [-0.39, 0.29) is 28.7 Å². The molecule has 8 nitrogen and oxygen atoms in total. The number of carbonyl (C=O) groups is 1. The Kier molecular flexibility index (Phi) is 6.78. The minimum atomic E-state index is -2.98. The van der Waals surface area contributed by atoms with Crippen molar-refractivity contribution in [3.8, 4) is 0 Å². The molecular weight excluding hydrogens is 482 g/mol. The summed E-state index contributed by atoms with van der Waals surface area (Å²) in [6.07, 6.45) is 0. The summed E-state index contributed by atoms with van der Waals surface area (Å²) in [5, 5.41) is 6.99. The molecule has 2 aromatic rings. The summed E-state index contributed by atoms with van der Waals surface area (Å²) in [6, 6.07) is 13.4. The lowest BCUT2D eigenvalue weighted by Crippen LogP contribution is -2.46. The van der Waals surface area contributed by atoms with Crippen LogP contribution in [0, 0.1) is 6.92 Å². The van der Waals surface area contributed by atoms with Crippen LogP contribution in [0.2, 0.25) is 0 Å². The van der Waals surface area contributed by atoms with Gasteiger partial charge in [0.1, 0.15) is 0 Å². The predicted octanol–water partition coefficient (Wildman–Crippen LogP) is 3.07. The highest BCUT2D eigenvalue weighted by atomic mass is 32.2. The van der Waals surface area contributed by atoms with Crippen molar-refractivity contribution in [3.05, 3.63) is 53.6 Å². The van der Waals surface area contributed by atoms with Crippen LogP contribution < -0.4 is 15.5 Å². The first-order chi connectivity index (χ1) is 16.8. The van der Waals surface area contributed by atoms with Crippen LogP contribution in [-0.4, -0.2) is 79.9 Å². The third kappa shape index (κ3) is 5.49. The number of piperazine rings is 1.